The lowest BCUT2D eigenvalue weighted by molar-refractivity contribution is 0.276. The number of nitrogens with zero attached hydrogens (tertiary/aromatic N) is 1. The molecule has 0 radical (unpaired) electrons. The molecule has 16 heavy (non-hydrogen) atoms. The van der Waals surface area contributed by atoms with E-state index < -0.39 is 0 Å². The summed E-state index contributed by atoms with van der Waals surface area (Å²) >= 11 is 5.53. The largest absolute Gasteiger partial charge is 0.317 e. The lowest BCUT2D eigenvalue weighted by Crippen LogP contribution is -2.28. The maximum atomic E-state index is 3.66. The van der Waals surface area contributed by atoms with Gasteiger partial charge in [-0.1, -0.05) is 6.92 Å². The third kappa shape index (κ3) is 2.50. The Morgan fingerprint density at radius 1 is 1.62 bits per heavy atom. The maximum absolute atomic E-state index is 3.66. The molecule has 0 aromatic carbocycles. The third-order valence-corrected chi connectivity index (χ3v) is 5.29. The van der Waals surface area contributed by atoms with Gasteiger partial charge in [0.1, 0.15) is 0 Å². The van der Waals surface area contributed by atoms with Crippen LogP contribution in [0.3, 0.4) is 0 Å². The molecule has 90 valence electrons. The summed E-state index contributed by atoms with van der Waals surface area (Å²) in [6.07, 6.45) is 1.30. The van der Waals surface area contributed by atoms with Crippen molar-refractivity contribution in [2.24, 2.45) is 5.92 Å². The van der Waals surface area contributed by atoms with Crippen LogP contribution in [-0.2, 0) is 0 Å². The van der Waals surface area contributed by atoms with Crippen LogP contribution < -0.4 is 5.32 Å². The van der Waals surface area contributed by atoms with Crippen LogP contribution in [0.25, 0.3) is 0 Å². The highest BCUT2D eigenvalue weighted by Gasteiger charge is 2.34. The Labute approximate surface area is 110 Å². The van der Waals surface area contributed by atoms with Crippen LogP contribution in [0.15, 0.2) is 15.9 Å². The number of hydrogen-bond donors (Lipinski definition) is 1. The summed E-state index contributed by atoms with van der Waals surface area (Å²) in [5.74, 6) is 0.750. The first-order valence-electron chi connectivity index (χ1n) is 5.88. The average molecular weight is 303 g/mol. The van der Waals surface area contributed by atoms with E-state index in [1.807, 2.05) is 11.3 Å². The number of thiophene rings is 1. The molecule has 2 rings (SSSR count). The Kier molecular flexibility index (Phi) is 4.41. The second-order valence-corrected chi connectivity index (χ2v) is 6.22. The van der Waals surface area contributed by atoms with E-state index in [1.54, 1.807) is 0 Å². The Morgan fingerprint density at radius 3 is 3.06 bits per heavy atom. The van der Waals surface area contributed by atoms with Crippen molar-refractivity contribution in [3.8, 4) is 0 Å². The molecule has 1 N–H and O–H groups in total. The molecule has 2 heterocycles. The zero-order chi connectivity index (χ0) is 11.5. The van der Waals surface area contributed by atoms with E-state index in [2.05, 4.69) is 51.6 Å². The lowest BCUT2D eigenvalue weighted by atomic mass is 9.99. The topological polar surface area (TPSA) is 15.3 Å². The predicted molar refractivity (Wildman–Crippen MR) is 74.0 cm³/mol. The molecule has 2 nitrogen and oxygen atoms in total. The average Bonchev–Trinajstić information content (AvgIpc) is 2.82. The fourth-order valence-corrected chi connectivity index (χ4v) is 4.37. The van der Waals surface area contributed by atoms with Gasteiger partial charge in [-0.25, -0.2) is 0 Å². The van der Waals surface area contributed by atoms with Crippen LogP contribution >= 0.6 is 27.3 Å². The minimum atomic E-state index is 0.591. The van der Waals surface area contributed by atoms with Gasteiger partial charge in [0.25, 0.3) is 0 Å². The van der Waals surface area contributed by atoms with Gasteiger partial charge in [0.2, 0.25) is 0 Å². The van der Waals surface area contributed by atoms with E-state index in [4.69, 9.17) is 0 Å². The van der Waals surface area contributed by atoms with Crippen molar-refractivity contribution in [1.29, 1.82) is 0 Å². The molecular weight excluding hydrogens is 284 g/mol. The fraction of sp³-hybridized carbons (Fsp3) is 0.667. The Hall–Kier alpha value is 0.100. The smallest absolute Gasteiger partial charge is 0.0490 e. The van der Waals surface area contributed by atoms with Crippen LogP contribution in [0.5, 0.6) is 0 Å². The summed E-state index contributed by atoms with van der Waals surface area (Å²) in [7, 11) is 2.24. The number of halogens is 1. The van der Waals surface area contributed by atoms with E-state index in [0.29, 0.717) is 6.04 Å². The Bertz CT molecular complexity index is 340. The van der Waals surface area contributed by atoms with Gasteiger partial charge >= 0.3 is 0 Å². The van der Waals surface area contributed by atoms with Crippen molar-refractivity contribution in [3.05, 3.63) is 20.8 Å². The van der Waals surface area contributed by atoms with Crippen LogP contribution in [0, 0.1) is 5.92 Å². The summed E-state index contributed by atoms with van der Waals surface area (Å²) < 4.78 is 1.28. The zero-order valence-electron chi connectivity index (χ0n) is 9.87. The molecule has 1 saturated heterocycles. The van der Waals surface area contributed by atoms with Crippen molar-refractivity contribution in [2.45, 2.75) is 19.4 Å². The third-order valence-electron chi connectivity index (χ3n) is 3.34. The molecule has 0 aliphatic carbocycles. The number of likely N-dealkylation sites (tertiary alicyclic amines) is 1. The lowest BCUT2D eigenvalue weighted by Gasteiger charge is -2.24. The Morgan fingerprint density at radius 2 is 2.44 bits per heavy atom. The SMILES string of the molecule is CCNCC1CCN(C)C1c1sccc1Br. The van der Waals surface area contributed by atoms with E-state index in [-0.39, 0.29) is 0 Å². The van der Waals surface area contributed by atoms with Crippen molar-refractivity contribution in [1.82, 2.24) is 10.2 Å². The minimum absolute atomic E-state index is 0.591. The van der Waals surface area contributed by atoms with E-state index in [9.17, 15) is 0 Å². The summed E-state index contributed by atoms with van der Waals surface area (Å²) in [6.45, 7) is 5.59. The molecule has 1 aromatic heterocycles. The molecule has 2 unspecified atom stereocenters. The highest BCUT2D eigenvalue weighted by molar-refractivity contribution is 9.10. The number of nitrogens with one attached hydrogen (secondary N) is 1. The summed E-state index contributed by atoms with van der Waals surface area (Å²) in [6, 6.07) is 2.75. The normalized spacial score (nSPS) is 26.4. The fourth-order valence-electron chi connectivity index (χ4n) is 2.50. The molecular formula is C12H19BrN2S. The molecule has 1 aliphatic heterocycles. The summed E-state index contributed by atoms with van der Waals surface area (Å²) in [4.78, 5) is 3.97. The molecule has 0 spiro atoms. The highest BCUT2D eigenvalue weighted by atomic mass is 79.9. The first kappa shape index (κ1) is 12.6. The van der Waals surface area contributed by atoms with Crippen molar-refractivity contribution < 1.29 is 0 Å². The molecule has 2 atom stereocenters. The Balaban J connectivity index is 2.13. The second-order valence-electron chi connectivity index (χ2n) is 4.41. The molecule has 0 saturated carbocycles. The van der Waals surface area contributed by atoms with E-state index in [0.717, 1.165) is 19.0 Å². The van der Waals surface area contributed by atoms with Gasteiger partial charge < -0.3 is 5.32 Å². The van der Waals surface area contributed by atoms with Gasteiger partial charge in [-0.05, 0) is 66.4 Å². The van der Waals surface area contributed by atoms with Crippen LogP contribution in [0.4, 0.5) is 0 Å². The van der Waals surface area contributed by atoms with Crippen LogP contribution in [-0.4, -0.2) is 31.6 Å². The monoisotopic (exact) mass is 302 g/mol. The van der Waals surface area contributed by atoms with E-state index in [1.165, 1.54) is 22.3 Å². The second kappa shape index (κ2) is 5.63. The molecule has 1 aromatic rings. The first-order valence-corrected chi connectivity index (χ1v) is 7.55. The van der Waals surface area contributed by atoms with Gasteiger partial charge in [0.15, 0.2) is 0 Å². The zero-order valence-corrected chi connectivity index (χ0v) is 12.3. The summed E-state index contributed by atoms with van der Waals surface area (Å²) in [5, 5.41) is 5.66. The standard InChI is InChI=1S/C12H19BrN2S/c1-3-14-8-9-4-6-15(2)11(9)12-10(13)5-7-16-12/h5,7,9,11,14H,3-4,6,8H2,1-2H3. The first-order chi connectivity index (χ1) is 7.74. The number of rotatable bonds is 4. The van der Waals surface area contributed by atoms with E-state index >= 15 is 0 Å². The van der Waals surface area contributed by atoms with Crippen molar-refractivity contribution >= 4 is 27.3 Å². The molecule has 0 amide bonds. The van der Waals surface area contributed by atoms with Crippen molar-refractivity contribution in [2.75, 3.05) is 26.7 Å². The van der Waals surface area contributed by atoms with Gasteiger partial charge in [-0.3, -0.25) is 4.90 Å². The van der Waals surface area contributed by atoms with Crippen molar-refractivity contribution in [3.63, 3.8) is 0 Å². The quantitative estimate of drug-likeness (QED) is 0.919. The molecule has 4 heteroatoms. The summed E-state index contributed by atoms with van der Waals surface area (Å²) in [5.41, 5.74) is 0. The number of hydrogen-bond acceptors (Lipinski definition) is 3. The maximum Gasteiger partial charge on any atom is 0.0490 e. The van der Waals surface area contributed by atoms with Crippen LogP contribution in [0.1, 0.15) is 24.3 Å². The minimum Gasteiger partial charge on any atom is -0.317 e. The van der Waals surface area contributed by atoms with Gasteiger partial charge in [-0.15, -0.1) is 11.3 Å². The highest BCUT2D eigenvalue weighted by Crippen LogP contribution is 2.41. The predicted octanol–water partition coefficient (Wildman–Crippen LogP) is 3.11. The van der Waals surface area contributed by atoms with Gasteiger partial charge in [0.05, 0.1) is 0 Å². The van der Waals surface area contributed by atoms with Crippen LogP contribution in [0.2, 0.25) is 0 Å². The van der Waals surface area contributed by atoms with Gasteiger partial charge in [-0.2, -0.15) is 0 Å². The molecule has 1 aliphatic rings. The molecule has 1 fully saturated rings. The molecule has 0 bridgehead atoms. The van der Waals surface area contributed by atoms with Gasteiger partial charge in [0, 0.05) is 15.4 Å².